The Morgan fingerprint density at radius 1 is 1.50 bits per heavy atom. The number of carbonyl (C=O) groups excluding carboxylic acids is 1. The predicted octanol–water partition coefficient (Wildman–Crippen LogP) is 1.33. The molecule has 0 saturated heterocycles. The minimum atomic E-state index is -0.884. The molecule has 1 saturated carbocycles. The molecule has 0 bridgehead atoms. The van der Waals surface area contributed by atoms with Gasteiger partial charge in [-0.25, -0.2) is 0 Å². The smallest absolute Gasteiger partial charge is 0.238 e. The van der Waals surface area contributed by atoms with Gasteiger partial charge < -0.3 is 16.3 Å². The average Bonchev–Trinajstić information content (AvgIpc) is 2.89. The number of pyridine rings is 1. The average molecular weight is 248 g/mol. The Balaban J connectivity index is 2.20. The standard InChI is InChI=1S/C12H16N4O2/c13-10(16-18)12(5-1-2-6-12)11(17)15-9-4-3-7-14-8-9/h3-4,7-8,18H,1-2,5-6H2,(H2,13,16)(H,15,17). The van der Waals surface area contributed by atoms with Gasteiger partial charge in [0, 0.05) is 6.20 Å². The molecule has 6 nitrogen and oxygen atoms in total. The van der Waals surface area contributed by atoms with Crippen molar-refractivity contribution in [3.05, 3.63) is 24.5 Å². The zero-order chi connectivity index (χ0) is 13.0. The number of nitrogens with one attached hydrogen (secondary N) is 1. The summed E-state index contributed by atoms with van der Waals surface area (Å²) in [7, 11) is 0. The fraction of sp³-hybridized carbons (Fsp3) is 0.417. The summed E-state index contributed by atoms with van der Waals surface area (Å²) in [5.41, 5.74) is 5.42. The van der Waals surface area contributed by atoms with Crippen LogP contribution in [0.3, 0.4) is 0 Å². The van der Waals surface area contributed by atoms with E-state index in [1.54, 1.807) is 24.5 Å². The van der Waals surface area contributed by atoms with E-state index in [-0.39, 0.29) is 11.7 Å². The molecule has 1 amide bonds. The SMILES string of the molecule is NC(=NO)C1(C(=O)Nc2cccnc2)CCCC1. The van der Waals surface area contributed by atoms with E-state index in [4.69, 9.17) is 10.9 Å². The van der Waals surface area contributed by atoms with Crippen molar-refractivity contribution in [1.82, 2.24) is 4.98 Å². The van der Waals surface area contributed by atoms with Gasteiger partial charge in [0.15, 0.2) is 5.84 Å². The highest BCUT2D eigenvalue weighted by Crippen LogP contribution is 2.39. The summed E-state index contributed by atoms with van der Waals surface area (Å²) >= 11 is 0. The molecule has 0 radical (unpaired) electrons. The van der Waals surface area contributed by atoms with E-state index in [2.05, 4.69) is 15.5 Å². The molecule has 96 valence electrons. The lowest BCUT2D eigenvalue weighted by atomic mass is 9.83. The summed E-state index contributed by atoms with van der Waals surface area (Å²) in [4.78, 5) is 16.3. The highest BCUT2D eigenvalue weighted by atomic mass is 16.4. The van der Waals surface area contributed by atoms with Crippen LogP contribution in [0.5, 0.6) is 0 Å². The number of amides is 1. The van der Waals surface area contributed by atoms with Crippen LogP contribution in [0.4, 0.5) is 5.69 Å². The van der Waals surface area contributed by atoms with E-state index < -0.39 is 5.41 Å². The van der Waals surface area contributed by atoms with Crippen molar-refractivity contribution < 1.29 is 10.0 Å². The Bertz CT molecular complexity index is 452. The Morgan fingerprint density at radius 2 is 2.22 bits per heavy atom. The van der Waals surface area contributed by atoms with Crippen molar-refractivity contribution in [1.29, 1.82) is 0 Å². The quantitative estimate of drug-likeness (QED) is 0.325. The number of aromatic nitrogens is 1. The molecular weight excluding hydrogens is 232 g/mol. The van der Waals surface area contributed by atoms with Gasteiger partial charge in [-0.3, -0.25) is 9.78 Å². The van der Waals surface area contributed by atoms with E-state index in [9.17, 15) is 4.79 Å². The number of nitrogens with two attached hydrogens (primary N) is 1. The molecule has 1 aliphatic carbocycles. The first-order valence-corrected chi connectivity index (χ1v) is 5.88. The van der Waals surface area contributed by atoms with Gasteiger partial charge in [0.25, 0.3) is 0 Å². The predicted molar refractivity (Wildman–Crippen MR) is 67.2 cm³/mol. The third-order valence-corrected chi connectivity index (χ3v) is 3.41. The van der Waals surface area contributed by atoms with Crippen LogP contribution in [0.2, 0.25) is 0 Å². The van der Waals surface area contributed by atoms with Crippen LogP contribution in [0.1, 0.15) is 25.7 Å². The Hall–Kier alpha value is -2.11. The molecule has 0 aliphatic heterocycles. The molecule has 0 atom stereocenters. The molecule has 1 aliphatic rings. The van der Waals surface area contributed by atoms with Gasteiger partial charge in [0.05, 0.1) is 11.9 Å². The zero-order valence-electron chi connectivity index (χ0n) is 9.97. The van der Waals surface area contributed by atoms with Gasteiger partial charge in [0.1, 0.15) is 5.41 Å². The minimum Gasteiger partial charge on any atom is -0.409 e. The van der Waals surface area contributed by atoms with Crippen molar-refractivity contribution in [3.63, 3.8) is 0 Å². The first kappa shape index (κ1) is 12.3. The minimum absolute atomic E-state index is 0.0126. The van der Waals surface area contributed by atoms with E-state index in [1.807, 2.05) is 0 Å². The maximum absolute atomic E-state index is 12.3. The molecule has 1 fully saturated rings. The molecule has 0 aromatic carbocycles. The van der Waals surface area contributed by atoms with E-state index in [1.165, 1.54) is 0 Å². The van der Waals surface area contributed by atoms with Crippen LogP contribution >= 0.6 is 0 Å². The van der Waals surface area contributed by atoms with E-state index in [0.717, 1.165) is 12.8 Å². The van der Waals surface area contributed by atoms with E-state index >= 15 is 0 Å². The number of amidine groups is 1. The molecular formula is C12H16N4O2. The number of nitrogens with zero attached hydrogens (tertiary/aromatic N) is 2. The van der Waals surface area contributed by atoms with Gasteiger partial charge >= 0.3 is 0 Å². The second-order valence-electron chi connectivity index (χ2n) is 4.47. The van der Waals surface area contributed by atoms with Crippen LogP contribution in [0, 0.1) is 5.41 Å². The van der Waals surface area contributed by atoms with Crippen molar-refractivity contribution in [3.8, 4) is 0 Å². The maximum atomic E-state index is 12.3. The van der Waals surface area contributed by atoms with Gasteiger partial charge in [-0.15, -0.1) is 0 Å². The topological polar surface area (TPSA) is 101 Å². The van der Waals surface area contributed by atoms with Gasteiger partial charge in [-0.1, -0.05) is 18.0 Å². The third-order valence-electron chi connectivity index (χ3n) is 3.41. The fourth-order valence-corrected chi connectivity index (χ4v) is 2.36. The normalized spacial score (nSPS) is 18.6. The van der Waals surface area contributed by atoms with Crippen LogP contribution < -0.4 is 11.1 Å². The van der Waals surface area contributed by atoms with Crippen LogP contribution in [0.15, 0.2) is 29.7 Å². The molecule has 0 unspecified atom stereocenters. The maximum Gasteiger partial charge on any atom is 0.238 e. The largest absolute Gasteiger partial charge is 0.409 e. The highest BCUT2D eigenvalue weighted by Gasteiger charge is 2.45. The summed E-state index contributed by atoms with van der Waals surface area (Å²) in [5, 5.41) is 14.6. The van der Waals surface area contributed by atoms with Crippen molar-refractivity contribution >= 4 is 17.4 Å². The second-order valence-corrected chi connectivity index (χ2v) is 4.47. The van der Waals surface area contributed by atoms with Crippen molar-refractivity contribution in [2.45, 2.75) is 25.7 Å². The lowest BCUT2D eigenvalue weighted by Gasteiger charge is -2.25. The Kier molecular flexibility index (Phi) is 3.45. The van der Waals surface area contributed by atoms with Gasteiger partial charge in [-0.05, 0) is 25.0 Å². The summed E-state index contributed by atoms with van der Waals surface area (Å²) in [6.45, 7) is 0. The Morgan fingerprint density at radius 3 is 2.78 bits per heavy atom. The first-order chi connectivity index (χ1) is 8.69. The van der Waals surface area contributed by atoms with Crippen LogP contribution in [-0.2, 0) is 4.79 Å². The van der Waals surface area contributed by atoms with Crippen LogP contribution in [0.25, 0.3) is 0 Å². The molecule has 18 heavy (non-hydrogen) atoms. The van der Waals surface area contributed by atoms with Crippen molar-refractivity contribution in [2.75, 3.05) is 5.32 Å². The van der Waals surface area contributed by atoms with Gasteiger partial charge in [-0.2, -0.15) is 0 Å². The molecule has 4 N–H and O–H groups in total. The first-order valence-electron chi connectivity index (χ1n) is 5.88. The number of oxime groups is 1. The number of rotatable bonds is 3. The summed E-state index contributed by atoms with van der Waals surface area (Å²) in [6, 6.07) is 3.49. The molecule has 1 aromatic rings. The lowest BCUT2D eigenvalue weighted by Crippen LogP contribution is -2.45. The monoisotopic (exact) mass is 248 g/mol. The molecule has 1 heterocycles. The summed E-state index contributed by atoms with van der Waals surface area (Å²) in [5.74, 6) is -0.246. The molecule has 6 heteroatoms. The van der Waals surface area contributed by atoms with Crippen molar-refractivity contribution in [2.24, 2.45) is 16.3 Å². The number of hydrogen-bond donors (Lipinski definition) is 3. The molecule has 1 aromatic heterocycles. The lowest BCUT2D eigenvalue weighted by molar-refractivity contribution is -0.122. The molecule has 2 rings (SSSR count). The number of hydrogen-bond acceptors (Lipinski definition) is 4. The third kappa shape index (κ3) is 2.13. The number of anilines is 1. The summed E-state index contributed by atoms with van der Waals surface area (Å²) in [6.07, 6.45) is 6.20. The van der Waals surface area contributed by atoms with E-state index in [0.29, 0.717) is 18.5 Å². The highest BCUT2D eigenvalue weighted by molar-refractivity contribution is 6.12. The second kappa shape index (κ2) is 5.03. The fourth-order valence-electron chi connectivity index (χ4n) is 2.36. The van der Waals surface area contributed by atoms with Gasteiger partial charge in [0.2, 0.25) is 5.91 Å². The number of carbonyl (C=O) groups is 1. The molecule has 0 spiro atoms. The van der Waals surface area contributed by atoms with Crippen LogP contribution in [-0.4, -0.2) is 21.9 Å². The summed E-state index contributed by atoms with van der Waals surface area (Å²) < 4.78 is 0. The Labute approximate surface area is 105 Å². The zero-order valence-corrected chi connectivity index (χ0v) is 9.97.